The van der Waals surface area contributed by atoms with Crippen LogP contribution in [-0.4, -0.2) is 43.1 Å². The normalized spacial score (nSPS) is 17.4. The molecule has 7 nitrogen and oxygen atoms in total. The van der Waals surface area contributed by atoms with Crippen LogP contribution in [0.2, 0.25) is 0 Å². The van der Waals surface area contributed by atoms with E-state index in [1.165, 1.54) is 12.0 Å². The van der Waals surface area contributed by atoms with Gasteiger partial charge in [-0.1, -0.05) is 30.3 Å². The van der Waals surface area contributed by atoms with Crippen LogP contribution in [0.4, 0.5) is 4.79 Å². The van der Waals surface area contributed by atoms with Crippen molar-refractivity contribution in [1.29, 1.82) is 0 Å². The third-order valence-corrected chi connectivity index (χ3v) is 3.73. The minimum atomic E-state index is -0.635. The molecule has 1 aromatic carbocycles. The van der Waals surface area contributed by atoms with E-state index >= 15 is 0 Å². The van der Waals surface area contributed by atoms with E-state index in [9.17, 15) is 14.4 Å². The number of rotatable bonds is 5. The summed E-state index contributed by atoms with van der Waals surface area (Å²) >= 11 is 0. The van der Waals surface area contributed by atoms with Gasteiger partial charge in [0.25, 0.3) is 0 Å². The van der Waals surface area contributed by atoms with Crippen LogP contribution in [0.15, 0.2) is 41.6 Å². The predicted octanol–water partition coefficient (Wildman–Crippen LogP) is 1.76. The molecule has 1 N–H and O–H groups in total. The van der Waals surface area contributed by atoms with E-state index in [4.69, 9.17) is 9.47 Å². The topological polar surface area (TPSA) is 84.9 Å². The molecule has 0 bridgehead atoms. The fraction of sp³-hybridized carbons (Fsp3) is 0.353. The maximum absolute atomic E-state index is 12.4. The molecular formula is C17H20N2O5. The third-order valence-electron chi connectivity index (χ3n) is 3.73. The van der Waals surface area contributed by atoms with Crippen molar-refractivity contribution in [3.05, 3.63) is 47.2 Å². The zero-order chi connectivity index (χ0) is 17.7. The summed E-state index contributed by atoms with van der Waals surface area (Å²) in [5, 5.41) is 2.75. The Morgan fingerprint density at radius 2 is 1.92 bits per heavy atom. The van der Waals surface area contributed by atoms with Crippen LogP contribution in [-0.2, 0) is 19.1 Å². The summed E-state index contributed by atoms with van der Waals surface area (Å²) in [5.41, 5.74) is 1.40. The van der Waals surface area contributed by atoms with Gasteiger partial charge in [-0.15, -0.1) is 0 Å². The second-order valence-corrected chi connectivity index (χ2v) is 5.18. The summed E-state index contributed by atoms with van der Waals surface area (Å²) in [4.78, 5) is 37.6. The summed E-state index contributed by atoms with van der Waals surface area (Å²) in [6.45, 7) is 3.24. The number of esters is 2. The molecule has 24 heavy (non-hydrogen) atoms. The summed E-state index contributed by atoms with van der Waals surface area (Å²) < 4.78 is 9.73. The molecule has 0 spiro atoms. The molecule has 0 saturated carbocycles. The Morgan fingerprint density at radius 3 is 2.50 bits per heavy atom. The molecule has 0 unspecified atom stereocenters. The van der Waals surface area contributed by atoms with Crippen LogP contribution in [0.5, 0.6) is 0 Å². The lowest BCUT2D eigenvalue weighted by Gasteiger charge is -2.34. The van der Waals surface area contributed by atoms with Gasteiger partial charge in [-0.05, 0) is 19.4 Å². The van der Waals surface area contributed by atoms with Crippen LogP contribution < -0.4 is 5.32 Å². The first kappa shape index (κ1) is 17.5. The number of hydrogen-bond donors (Lipinski definition) is 1. The molecule has 1 atom stereocenters. The van der Waals surface area contributed by atoms with Crippen molar-refractivity contribution in [2.75, 3.05) is 20.3 Å². The van der Waals surface area contributed by atoms with Crippen LogP contribution in [0.25, 0.3) is 0 Å². The first-order chi connectivity index (χ1) is 11.5. The SMILES string of the molecule is CCOC(=O)CN1C(=O)N[C@@H](c2ccccc2)C(C(=O)OC)=C1C. The van der Waals surface area contributed by atoms with Crippen molar-refractivity contribution in [2.24, 2.45) is 0 Å². The van der Waals surface area contributed by atoms with Crippen molar-refractivity contribution >= 4 is 18.0 Å². The largest absolute Gasteiger partial charge is 0.466 e. The van der Waals surface area contributed by atoms with Gasteiger partial charge in [0.2, 0.25) is 0 Å². The van der Waals surface area contributed by atoms with Gasteiger partial charge < -0.3 is 14.8 Å². The van der Waals surface area contributed by atoms with Gasteiger partial charge in [0.05, 0.1) is 25.3 Å². The van der Waals surface area contributed by atoms with Crippen LogP contribution in [0, 0.1) is 0 Å². The number of carbonyl (C=O) groups is 3. The quantitative estimate of drug-likeness (QED) is 0.831. The molecule has 1 aromatic rings. The molecule has 1 heterocycles. The first-order valence-electron chi connectivity index (χ1n) is 7.57. The lowest BCUT2D eigenvalue weighted by atomic mass is 9.95. The van der Waals surface area contributed by atoms with Crippen molar-refractivity contribution in [1.82, 2.24) is 10.2 Å². The zero-order valence-electron chi connectivity index (χ0n) is 13.9. The number of methoxy groups -OCH3 is 1. The minimum absolute atomic E-state index is 0.216. The van der Waals surface area contributed by atoms with Crippen molar-refractivity contribution in [3.63, 3.8) is 0 Å². The highest BCUT2D eigenvalue weighted by Gasteiger charge is 2.37. The number of nitrogens with one attached hydrogen (secondary N) is 1. The van der Waals surface area contributed by atoms with E-state index in [1.807, 2.05) is 30.3 Å². The molecule has 2 rings (SSSR count). The molecule has 0 saturated heterocycles. The lowest BCUT2D eigenvalue weighted by Crippen LogP contribution is -2.49. The number of carbonyl (C=O) groups excluding carboxylic acids is 3. The Labute approximate surface area is 140 Å². The highest BCUT2D eigenvalue weighted by Crippen LogP contribution is 2.30. The number of allylic oxidation sites excluding steroid dienone is 1. The Kier molecular flexibility index (Phi) is 5.57. The summed E-state index contributed by atoms with van der Waals surface area (Å²) in [7, 11) is 1.27. The maximum atomic E-state index is 12.4. The molecule has 0 aromatic heterocycles. The number of hydrogen-bond acceptors (Lipinski definition) is 5. The second kappa shape index (κ2) is 7.63. The molecule has 1 aliphatic rings. The van der Waals surface area contributed by atoms with Gasteiger partial charge in [-0.2, -0.15) is 0 Å². The van der Waals surface area contributed by atoms with E-state index in [0.717, 1.165) is 5.56 Å². The predicted molar refractivity (Wildman–Crippen MR) is 85.8 cm³/mol. The molecule has 0 aliphatic carbocycles. The average molecular weight is 332 g/mol. The summed E-state index contributed by atoms with van der Waals surface area (Å²) in [6.07, 6.45) is 0. The van der Waals surface area contributed by atoms with Crippen molar-refractivity contribution < 1.29 is 23.9 Å². The molecule has 7 heteroatoms. The lowest BCUT2D eigenvalue weighted by molar-refractivity contribution is -0.143. The minimum Gasteiger partial charge on any atom is -0.466 e. The summed E-state index contributed by atoms with van der Waals surface area (Å²) in [6, 6.07) is 7.99. The Hall–Kier alpha value is -2.83. The van der Waals surface area contributed by atoms with E-state index in [-0.39, 0.29) is 18.7 Å². The standard InChI is InChI=1S/C17H20N2O5/c1-4-24-13(20)10-19-11(2)14(16(21)23-3)15(18-17(19)22)12-8-6-5-7-9-12/h5-9,15H,4,10H2,1-3H3,(H,18,22)/t15-/m0/s1. The Balaban J connectivity index is 2.43. The highest BCUT2D eigenvalue weighted by atomic mass is 16.5. The smallest absolute Gasteiger partial charge is 0.337 e. The fourth-order valence-electron chi connectivity index (χ4n) is 2.58. The van der Waals surface area contributed by atoms with Gasteiger partial charge in [0.1, 0.15) is 6.54 Å². The monoisotopic (exact) mass is 332 g/mol. The van der Waals surface area contributed by atoms with E-state index in [0.29, 0.717) is 5.70 Å². The van der Waals surface area contributed by atoms with Crippen LogP contribution in [0.1, 0.15) is 25.5 Å². The molecule has 1 aliphatic heterocycles. The molecule has 0 radical (unpaired) electrons. The van der Waals surface area contributed by atoms with E-state index < -0.39 is 24.0 Å². The van der Waals surface area contributed by atoms with Gasteiger partial charge in [0, 0.05) is 5.70 Å². The van der Waals surface area contributed by atoms with E-state index in [1.54, 1.807) is 13.8 Å². The highest BCUT2D eigenvalue weighted by molar-refractivity contribution is 5.95. The second-order valence-electron chi connectivity index (χ2n) is 5.18. The zero-order valence-corrected chi connectivity index (χ0v) is 13.9. The fourth-order valence-corrected chi connectivity index (χ4v) is 2.58. The number of nitrogens with zero attached hydrogens (tertiary/aromatic N) is 1. The van der Waals surface area contributed by atoms with Gasteiger partial charge in [-0.3, -0.25) is 9.69 Å². The van der Waals surface area contributed by atoms with Crippen LogP contribution in [0.3, 0.4) is 0 Å². The average Bonchev–Trinajstić information content (AvgIpc) is 2.58. The number of ether oxygens (including phenoxy) is 2. The van der Waals surface area contributed by atoms with Gasteiger partial charge in [0.15, 0.2) is 0 Å². The molecule has 0 fully saturated rings. The van der Waals surface area contributed by atoms with Gasteiger partial charge >= 0.3 is 18.0 Å². The first-order valence-corrected chi connectivity index (χ1v) is 7.57. The third kappa shape index (κ3) is 3.56. The molecule has 2 amide bonds. The molecule has 128 valence electrons. The number of benzene rings is 1. The number of urea groups is 1. The van der Waals surface area contributed by atoms with Crippen molar-refractivity contribution in [3.8, 4) is 0 Å². The van der Waals surface area contributed by atoms with Gasteiger partial charge in [-0.25, -0.2) is 9.59 Å². The van der Waals surface area contributed by atoms with E-state index in [2.05, 4.69) is 5.32 Å². The molecular weight excluding hydrogens is 312 g/mol. The Morgan fingerprint density at radius 1 is 1.25 bits per heavy atom. The number of amides is 2. The van der Waals surface area contributed by atoms with Crippen LogP contribution >= 0.6 is 0 Å². The maximum Gasteiger partial charge on any atom is 0.337 e. The van der Waals surface area contributed by atoms with Crippen molar-refractivity contribution in [2.45, 2.75) is 19.9 Å². The Bertz CT molecular complexity index is 669. The summed E-state index contributed by atoms with van der Waals surface area (Å²) in [5.74, 6) is -1.11.